The van der Waals surface area contributed by atoms with Gasteiger partial charge in [0, 0.05) is 23.1 Å². The number of non-ortho nitro benzene ring substituents is 1. The Bertz CT molecular complexity index is 1160. The van der Waals surface area contributed by atoms with Crippen LogP contribution in [0.25, 0.3) is 10.9 Å². The number of hydrazine groups is 1. The number of carbonyl (C=O) groups is 2. The summed E-state index contributed by atoms with van der Waals surface area (Å²) in [5, 5.41) is 15.9. The Morgan fingerprint density at radius 1 is 1.33 bits per heavy atom. The number of para-hydroxylation sites is 1. The number of hydrogen-bond donors (Lipinski definition) is 1. The van der Waals surface area contributed by atoms with Crippen molar-refractivity contribution in [1.29, 1.82) is 0 Å². The molecule has 154 valence electrons. The van der Waals surface area contributed by atoms with Gasteiger partial charge in [0.25, 0.3) is 17.5 Å². The number of β-lactam (4-membered cyclic amide) rings is 1. The molecule has 11 heteroatoms. The SMILES string of the molecule is COc1ccccc1C1C(Cl)C(=O)N1NC(=O)Cn1ncc2cc([N+](=O)[O-])ccc21. The highest BCUT2D eigenvalue weighted by atomic mass is 35.5. The fourth-order valence-corrected chi connectivity index (χ4v) is 3.76. The summed E-state index contributed by atoms with van der Waals surface area (Å²) >= 11 is 6.20. The third-order valence-electron chi connectivity index (χ3n) is 4.86. The number of ether oxygens (including phenoxy) is 1. The number of nitro benzene ring substituents is 1. The molecule has 0 radical (unpaired) electrons. The smallest absolute Gasteiger partial charge is 0.270 e. The quantitative estimate of drug-likeness (QED) is 0.277. The summed E-state index contributed by atoms with van der Waals surface area (Å²) < 4.78 is 6.73. The van der Waals surface area contributed by atoms with E-state index < -0.39 is 28.2 Å². The zero-order chi connectivity index (χ0) is 21.4. The van der Waals surface area contributed by atoms with E-state index in [1.807, 2.05) is 0 Å². The van der Waals surface area contributed by atoms with E-state index in [-0.39, 0.29) is 12.2 Å². The van der Waals surface area contributed by atoms with Crippen LogP contribution in [0.15, 0.2) is 48.7 Å². The molecule has 0 bridgehead atoms. The average molecular weight is 430 g/mol. The molecule has 1 saturated heterocycles. The number of halogens is 1. The van der Waals surface area contributed by atoms with Crippen LogP contribution in [0.3, 0.4) is 0 Å². The largest absolute Gasteiger partial charge is 0.496 e. The lowest BCUT2D eigenvalue weighted by Crippen LogP contribution is -2.63. The van der Waals surface area contributed by atoms with Crippen LogP contribution in [0.2, 0.25) is 0 Å². The number of nitro groups is 1. The fraction of sp³-hybridized carbons (Fsp3) is 0.211. The molecule has 10 nitrogen and oxygen atoms in total. The Hall–Kier alpha value is -3.66. The molecule has 0 spiro atoms. The molecule has 2 atom stereocenters. The number of fused-ring (bicyclic) bond motifs is 1. The molecule has 1 fully saturated rings. The number of hydrogen-bond acceptors (Lipinski definition) is 6. The van der Waals surface area contributed by atoms with Gasteiger partial charge in [-0.25, -0.2) is 5.01 Å². The molecule has 2 heterocycles. The van der Waals surface area contributed by atoms with E-state index in [1.54, 1.807) is 24.3 Å². The Morgan fingerprint density at radius 2 is 2.10 bits per heavy atom. The van der Waals surface area contributed by atoms with Crippen LogP contribution < -0.4 is 10.2 Å². The van der Waals surface area contributed by atoms with Crippen LogP contribution in [0, 0.1) is 10.1 Å². The molecule has 2 unspecified atom stereocenters. The Balaban J connectivity index is 1.51. The summed E-state index contributed by atoms with van der Waals surface area (Å²) in [5.74, 6) is -0.364. The zero-order valence-corrected chi connectivity index (χ0v) is 16.4. The van der Waals surface area contributed by atoms with Gasteiger partial charge in [-0.3, -0.25) is 29.8 Å². The van der Waals surface area contributed by atoms with Crippen molar-refractivity contribution in [3.8, 4) is 5.75 Å². The highest BCUT2D eigenvalue weighted by molar-refractivity contribution is 6.33. The average Bonchev–Trinajstić information content (AvgIpc) is 3.15. The molecule has 0 saturated carbocycles. The van der Waals surface area contributed by atoms with Crippen LogP contribution in [0.1, 0.15) is 11.6 Å². The standard InChI is InChI=1S/C19H16ClN5O5/c1-30-15-5-3-2-4-13(15)18-17(20)19(27)24(18)22-16(26)10-23-14-7-6-12(25(28)29)8-11(14)9-21-23/h2-9,17-18H,10H2,1H3,(H,22,26). The predicted octanol–water partition coefficient (Wildman–Crippen LogP) is 2.18. The van der Waals surface area contributed by atoms with Crippen LogP contribution in [0.5, 0.6) is 5.75 Å². The van der Waals surface area contributed by atoms with E-state index in [2.05, 4.69) is 10.5 Å². The van der Waals surface area contributed by atoms with Gasteiger partial charge in [-0.05, 0) is 12.1 Å². The van der Waals surface area contributed by atoms with E-state index in [0.29, 0.717) is 22.2 Å². The molecule has 0 aliphatic carbocycles. The van der Waals surface area contributed by atoms with E-state index in [0.717, 1.165) is 0 Å². The number of benzene rings is 2. The highest BCUT2D eigenvalue weighted by Crippen LogP contribution is 2.40. The predicted molar refractivity (Wildman–Crippen MR) is 107 cm³/mol. The topological polar surface area (TPSA) is 120 Å². The number of rotatable bonds is 6. The minimum Gasteiger partial charge on any atom is -0.496 e. The Morgan fingerprint density at radius 3 is 2.83 bits per heavy atom. The lowest BCUT2D eigenvalue weighted by molar-refractivity contribution is -0.384. The van der Waals surface area contributed by atoms with E-state index in [1.165, 1.54) is 41.2 Å². The second kappa shape index (κ2) is 7.64. The van der Waals surface area contributed by atoms with Crippen molar-refractivity contribution < 1.29 is 19.2 Å². The summed E-state index contributed by atoms with van der Waals surface area (Å²) in [5.41, 5.74) is 3.74. The van der Waals surface area contributed by atoms with Crippen molar-refractivity contribution >= 4 is 40.0 Å². The molecular weight excluding hydrogens is 414 g/mol. The maximum atomic E-state index is 12.6. The van der Waals surface area contributed by atoms with Crippen LogP contribution >= 0.6 is 11.6 Å². The molecule has 2 aromatic carbocycles. The second-order valence-corrected chi connectivity index (χ2v) is 7.10. The summed E-state index contributed by atoms with van der Waals surface area (Å²) in [4.78, 5) is 35.2. The first-order chi connectivity index (χ1) is 14.4. The molecule has 4 rings (SSSR count). The maximum absolute atomic E-state index is 12.6. The van der Waals surface area contributed by atoms with Crippen molar-refractivity contribution in [2.75, 3.05) is 7.11 Å². The number of nitrogens with one attached hydrogen (secondary N) is 1. The molecular formula is C19H16ClN5O5. The van der Waals surface area contributed by atoms with Gasteiger partial charge in [0.05, 0.1) is 23.7 Å². The number of aromatic nitrogens is 2. The van der Waals surface area contributed by atoms with E-state index in [4.69, 9.17) is 16.3 Å². The zero-order valence-electron chi connectivity index (χ0n) is 15.7. The molecule has 3 aromatic rings. The molecule has 1 aliphatic rings. The molecule has 1 aromatic heterocycles. The Kier molecular flexibility index (Phi) is 5.00. The second-order valence-electron chi connectivity index (χ2n) is 6.63. The summed E-state index contributed by atoms with van der Waals surface area (Å²) in [6.07, 6.45) is 1.44. The highest BCUT2D eigenvalue weighted by Gasteiger charge is 2.49. The molecule has 30 heavy (non-hydrogen) atoms. The molecule has 1 aliphatic heterocycles. The van der Waals surface area contributed by atoms with Crippen LogP contribution in [-0.4, -0.2) is 44.0 Å². The maximum Gasteiger partial charge on any atom is 0.270 e. The number of nitrogens with zero attached hydrogens (tertiary/aromatic N) is 4. The van der Waals surface area contributed by atoms with Gasteiger partial charge < -0.3 is 4.74 Å². The van der Waals surface area contributed by atoms with E-state index >= 15 is 0 Å². The van der Waals surface area contributed by atoms with Gasteiger partial charge in [-0.1, -0.05) is 18.2 Å². The summed E-state index contributed by atoms with van der Waals surface area (Å²) in [6.45, 7) is -0.184. The first-order valence-electron chi connectivity index (χ1n) is 8.90. The number of alkyl halides is 1. The van der Waals surface area contributed by atoms with Crippen LogP contribution in [-0.2, 0) is 16.1 Å². The fourth-order valence-electron chi connectivity index (χ4n) is 3.41. The monoisotopic (exact) mass is 429 g/mol. The summed E-state index contributed by atoms with van der Waals surface area (Å²) in [6, 6.07) is 10.8. The first-order valence-corrected chi connectivity index (χ1v) is 9.34. The lowest BCUT2D eigenvalue weighted by atomic mass is 9.94. The van der Waals surface area contributed by atoms with Gasteiger partial charge in [0.2, 0.25) is 0 Å². The van der Waals surface area contributed by atoms with Gasteiger partial charge >= 0.3 is 0 Å². The minimum atomic E-state index is -0.826. The van der Waals surface area contributed by atoms with Gasteiger partial charge in [0.15, 0.2) is 0 Å². The van der Waals surface area contributed by atoms with Gasteiger partial charge in [-0.2, -0.15) is 5.10 Å². The Labute approximate surface area is 175 Å². The third-order valence-corrected chi connectivity index (χ3v) is 5.29. The van der Waals surface area contributed by atoms with Crippen molar-refractivity contribution in [2.24, 2.45) is 0 Å². The third kappa shape index (κ3) is 3.30. The van der Waals surface area contributed by atoms with Crippen molar-refractivity contribution in [1.82, 2.24) is 20.2 Å². The minimum absolute atomic E-state index is 0.0644. The van der Waals surface area contributed by atoms with Crippen molar-refractivity contribution in [3.63, 3.8) is 0 Å². The van der Waals surface area contributed by atoms with Crippen LogP contribution in [0.4, 0.5) is 5.69 Å². The number of amides is 2. The lowest BCUT2D eigenvalue weighted by Gasteiger charge is -2.44. The summed E-state index contributed by atoms with van der Waals surface area (Å²) in [7, 11) is 1.51. The van der Waals surface area contributed by atoms with Gasteiger partial charge in [0.1, 0.15) is 23.7 Å². The number of methoxy groups -OCH3 is 1. The van der Waals surface area contributed by atoms with Gasteiger partial charge in [-0.15, -0.1) is 11.6 Å². The van der Waals surface area contributed by atoms with Crippen molar-refractivity contribution in [3.05, 3.63) is 64.3 Å². The first kappa shape index (κ1) is 19.6. The molecule has 1 N–H and O–H groups in total. The molecule has 2 amide bonds. The van der Waals surface area contributed by atoms with Crippen molar-refractivity contribution in [2.45, 2.75) is 18.0 Å². The number of carbonyl (C=O) groups excluding carboxylic acids is 2. The normalized spacial score (nSPS) is 18.2. The van der Waals surface area contributed by atoms with E-state index in [9.17, 15) is 19.7 Å².